The number of hydrogen-bond acceptors (Lipinski definition) is 6. The van der Waals surface area contributed by atoms with Crippen LogP contribution in [0.5, 0.6) is 17.2 Å². The Kier molecular flexibility index (Phi) is 7.82. The molecule has 1 atom stereocenters. The van der Waals surface area contributed by atoms with Gasteiger partial charge in [-0.05, 0) is 81.4 Å². The number of carbonyl (C=O) groups excluding carboxylic acids is 1. The van der Waals surface area contributed by atoms with E-state index in [2.05, 4.69) is 5.32 Å². The number of benzene rings is 3. The zero-order valence-electron chi connectivity index (χ0n) is 21.7. The number of fused-ring (bicyclic) bond motifs is 1. The summed E-state index contributed by atoms with van der Waals surface area (Å²) < 4.78 is 58.6. The van der Waals surface area contributed by atoms with E-state index in [0.717, 1.165) is 22.0 Å². The van der Waals surface area contributed by atoms with Crippen molar-refractivity contribution in [2.24, 2.45) is 0 Å². The first-order chi connectivity index (χ1) is 18.0. The van der Waals surface area contributed by atoms with Crippen molar-refractivity contribution in [3.05, 3.63) is 78.1 Å². The molecule has 0 saturated heterocycles. The lowest BCUT2D eigenvalue weighted by Crippen LogP contribution is -2.45. The Morgan fingerprint density at radius 3 is 2.37 bits per heavy atom. The van der Waals surface area contributed by atoms with Gasteiger partial charge in [-0.1, -0.05) is 0 Å². The Hall–Kier alpha value is -3.79. The maximum absolute atomic E-state index is 13.6. The average Bonchev–Trinajstić information content (AvgIpc) is 2.87. The van der Waals surface area contributed by atoms with Gasteiger partial charge in [-0.25, -0.2) is 12.8 Å². The van der Waals surface area contributed by atoms with Gasteiger partial charge in [-0.15, -0.1) is 0 Å². The molecule has 1 aliphatic heterocycles. The quantitative estimate of drug-likeness (QED) is 0.416. The SMILES string of the molecule is CCOc1ccc(N(CC(=O)NC2CC(C)(C)Oc3cc(OC)ccc32)S(=O)(=O)c2ccc(F)cc2)cc1. The molecule has 3 aromatic rings. The molecule has 1 amide bonds. The summed E-state index contributed by atoms with van der Waals surface area (Å²) in [4.78, 5) is 13.2. The van der Waals surface area contributed by atoms with Gasteiger partial charge in [-0.2, -0.15) is 0 Å². The zero-order valence-corrected chi connectivity index (χ0v) is 22.5. The summed E-state index contributed by atoms with van der Waals surface area (Å²) in [5, 5.41) is 2.98. The lowest BCUT2D eigenvalue weighted by atomic mass is 9.89. The van der Waals surface area contributed by atoms with Crippen molar-refractivity contribution in [1.82, 2.24) is 5.32 Å². The number of nitrogens with one attached hydrogen (secondary N) is 1. The van der Waals surface area contributed by atoms with Crippen molar-refractivity contribution >= 4 is 21.6 Å². The molecule has 202 valence electrons. The number of anilines is 1. The Balaban J connectivity index is 1.64. The van der Waals surface area contributed by atoms with Crippen LogP contribution in [0, 0.1) is 5.82 Å². The normalized spacial score (nSPS) is 16.1. The number of halogens is 1. The molecule has 1 unspecified atom stereocenters. The molecular formula is C28H31FN2O6S. The minimum Gasteiger partial charge on any atom is -0.497 e. The van der Waals surface area contributed by atoms with Crippen molar-refractivity contribution in [2.75, 3.05) is 24.6 Å². The Labute approximate surface area is 222 Å². The van der Waals surface area contributed by atoms with Gasteiger partial charge in [0.2, 0.25) is 5.91 Å². The van der Waals surface area contributed by atoms with Crippen LogP contribution in [0.1, 0.15) is 38.8 Å². The van der Waals surface area contributed by atoms with E-state index < -0.39 is 39.9 Å². The van der Waals surface area contributed by atoms with Gasteiger partial charge >= 0.3 is 0 Å². The first-order valence-corrected chi connectivity index (χ1v) is 13.6. The first-order valence-electron chi connectivity index (χ1n) is 12.2. The highest BCUT2D eigenvalue weighted by Crippen LogP contribution is 2.41. The molecule has 0 fully saturated rings. The first kappa shape index (κ1) is 27.3. The van der Waals surface area contributed by atoms with Crippen LogP contribution in [0.25, 0.3) is 0 Å². The number of rotatable bonds is 9. The molecule has 10 heteroatoms. The summed E-state index contributed by atoms with van der Waals surface area (Å²) in [5.41, 5.74) is 0.463. The lowest BCUT2D eigenvalue weighted by molar-refractivity contribution is -0.120. The second-order valence-electron chi connectivity index (χ2n) is 9.48. The third-order valence-electron chi connectivity index (χ3n) is 6.14. The van der Waals surface area contributed by atoms with Crippen molar-refractivity contribution in [1.29, 1.82) is 0 Å². The number of ether oxygens (including phenoxy) is 3. The molecule has 38 heavy (non-hydrogen) atoms. The van der Waals surface area contributed by atoms with Crippen molar-refractivity contribution < 1.29 is 31.8 Å². The summed E-state index contributed by atoms with van der Waals surface area (Å²) in [5.74, 6) is 0.712. The number of nitrogens with zero attached hydrogens (tertiary/aromatic N) is 1. The smallest absolute Gasteiger partial charge is 0.264 e. The molecular weight excluding hydrogens is 511 g/mol. The van der Waals surface area contributed by atoms with E-state index in [-0.39, 0.29) is 10.6 Å². The molecule has 1 aliphatic rings. The molecule has 0 aromatic heterocycles. The van der Waals surface area contributed by atoms with Crippen LogP contribution in [0.2, 0.25) is 0 Å². The van der Waals surface area contributed by atoms with E-state index in [4.69, 9.17) is 14.2 Å². The monoisotopic (exact) mass is 542 g/mol. The van der Waals surface area contributed by atoms with Crippen LogP contribution in [-0.2, 0) is 14.8 Å². The van der Waals surface area contributed by atoms with E-state index in [1.807, 2.05) is 26.8 Å². The standard InChI is InChI=1S/C28H31FN2O6S/c1-5-36-21-10-8-20(9-11-21)31(38(33,34)23-13-6-19(29)7-14-23)18-27(32)30-25-17-28(2,3)37-26-16-22(35-4)12-15-24(25)26/h6-16,25H,5,17-18H2,1-4H3,(H,30,32). The average molecular weight is 543 g/mol. The van der Waals surface area contributed by atoms with Crippen molar-refractivity contribution in [3.8, 4) is 17.2 Å². The highest BCUT2D eigenvalue weighted by atomic mass is 32.2. The fourth-order valence-electron chi connectivity index (χ4n) is 4.38. The lowest BCUT2D eigenvalue weighted by Gasteiger charge is -2.38. The Morgan fingerprint density at radius 2 is 1.74 bits per heavy atom. The predicted molar refractivity (Wildman–Crippen MR) is 142 cm³/mol. The molecule has 8 nitrogen and oxygen atoms in total. The number of hydrogen-bond donors (Lipinski definition) is 1. The fraction of sp³-hybridized carbons (Fsp3) is 0.321. The van der Waals surface area contributed by atoms with Crippen LogP contribution in [0.3, 0.4) is 0 Å². The van der Waals surface area contributed by atoms with Gasteiger partial charge in [-0.3, -0.25) is 9.10 Å². The fourth-order valence-corrected chi connectivity index (χ4v) is 5.80. The van der Waals surface area contributed by atoms with Crippen LogP contribution in [0.15, 0.2) is 71.6 Å². The van der Waals surface area contributed by atoms with E-state index >= 15 is 0 Å². The molecule has 1 heterocycles. The van der Waals surface area contributed by atoms with E-state index in [9.17, 15) is 17.6 Å². The van der Waals surface area contributed by atoms with Gasteiger partial charge in [0.1, 0.15) is 35.2 Å². The van der Waals surface area contributed by atoms with Crippen LogP contribution >= 0.6 is 0 Å². The van der Waals surface area contributed by atoms with Gasteiger partial charge in [0.25, 0.3) is 10.0 Å². The Morgan fingerprint density at radius 1 is 1.08 bits per heavy atom. The molecule has 3 aromatic carbocycles. The number of amides is 1. The summed E-state index contributed by atoms with van der Waals surface area (Å²) in [6, 6.07) is 15.9. The largest absolute Gasteiger partial charge is 0.497 e. The molecule has 1 N–H and O–H groups in total. The summed E-state index contributed by atoms with van der Waals surface area (Å²) in [6.07, 6.45) is 0.478. The van der Waals surface area contributed by atoms with Gasteiger partial charge in [0.15, 0.2) is 0 Å². The summed E-state index contributed by atoms with van der Waals surface area (Å²) >= 11 is 0. The molecule has 0 saturated carbocycles. The van der Waals surface area contributed by atoms with Gasteiger partial charge in [0.05, 0.1) is 30.3 Å². The highest BCUT2D eigenvalue weighted by molar-refractivity contribution is 7.92. The maximum Gasteiger partial charge on any atom is 0.264 e. The van der Waals surface area contributed by atoms with E-state index in [1.54, 1.807) is 43.5 Å². The topological polar surface area (TPSA) is 94.2 Å². The number of sulfonamides is 1. The minimum atomic E-state index is -4.20. The Bertz CT molecular complexity index is 1390. The van der Waals surface area contributed by atoms with E-state index in [1.165, 1.54) is 12.1 Å². The van der Waals surface area contributed by atoms with Crippen LogP contribution in [-0.4, -0.2) is 40.2 Å². The predicted octanol–water partition coefficient (Wildman–Crippen LogP) is 4.85. The molecule has 0 radical (unpaired) electrons. The molecule has 0 spiro atoms. The van der Waals surface area contributed by atoms with E-state index in [0.29, 0.717) is 30.3 Å². The highest BCUT2D eigenvalue weighted by Gasteiger charge is 2.36. The van der Waals surface area contributed by atoms with Crippen molar-refractivity contribution in [2.45, 2.75) is 43.7 Å². The summed E-state index contributed by atoms with van der Waals surface area (Å²) in [6.45, 7) is 5.64. The molecule has 0 aliphatic carbocycles. The number of methoxy groups -OCH3 is 1. The van der Waals surface area contributed by atoms with Crippen LogP contribution in [0.4, 0.5) is 10.1 Å². The third-order valence-corrected chi connectivity index (χ3v) is 7.93. The van der Waals surface area contributed by atoms with Gasteiger partial charge < -0.3 is 19.5 Å². The molecule has 4 rings (SSSR count). The van der Waals surface area contributed by atoms with Crippen LogP contribution < -0.4 is 23.8 Å². The maximum atomic E-state index is 13.6. The second-order valence-corrected chi connectivity index (χ2v) is 11.3. The van der Waals surface area contributed by atoms with Gasteiger partial charge in [0, 0.05) is 18.1 Å². The third kappa shape index (κ3) is 6.02. The minimum absolute atomic E-state index is 0.134. The molecule has 0 bridgehead atoms. The number of carbonyl (C=O) groups is 1. The van der Waals surface area contributed by atoms with Crippen molar-refractivity contribution in [3.63, 3.8) is 0 Å². The zero-order chi connectivity index (χ0) is 27.5. The second kappa shape index (κ2) is 10.9. The summed E-state index contributed by atoms with van der Waals surface area (Å²) in [7, 11) is -2.64.